The molecule has 1 aromatic carbocycles. The number of carbonyl (C=O) groups excluding carboxylic acids is 5. The van der Waals surface area contributed by atoms with E-state index < -0.39 is 65.7 Å². The van der Waals surface area contributed by atoms with Gasteiger partial charge in [-0.3, -0.25) is 24.0 Å². The first-order chi connectivity index (χ1) is 23.7. The van der Waals surface area contributed by atoms with Gasteiger partial charge in [-0.25, -0.2) is 4.79 Å². The molecule has 9 N–H and O–H groups in total. The van der Waals surface area contributed by atoms with Gasteiger partial charge in [-0.15, -0.1) is 0 Å². The van der Waals surface area contributed by atoms with Crippen LogP contribution < -0.4 is 32.3 Å². The summed E-state index contributed by atoms with van der Waals surface area (Å²) in [6, 6.07) is 0.493. The van der Waals surface area contributed by atoms with Gasteiger partial charge in [0.05, 0.1) is 6.04 Å². The Kier molecular flexibility index (Phi) is 15.5. The van der Waals surface area contributed by atoms with Gasteiger partial charge in [0, 0.05) is 13.0 Å². The molecule has 15 nitrogen and oxygen atoms in total. The van der Waals surface area contributed by atoms with Gasteiger partial charge < -0.3 is 47.4 Å². The van der Waals surface area contributed by atoms with E-state index in [0.29, 0.717) is 44.2 Å². The van der Waals surface area contributed by atoms with Crippen LogP contribution in [0.2, 0.25) is 0 Å². The van der Waals surface area contributed by atoms with Gasteiger partial charge in [-0.05, 0) is 87.6 Å². The van der Waals surface area contributed by atoms with Crippen LogP contribution in [0.15, 0.2) is 24.3 Å². The maximum atomic E-state index is 13.8. The molecule has 5 amide bonds. The first kappa shape index (κ1) is 40.2. The van der Waals surface area contributed by atoms with Gasteiger partial charge in [0.15, 0.2) is 0 Å². The average Bonchev–Trinajstić information content (AvgIpc) is 3.79. The number of aromatic hydroxyl groups is 1. The molecule has 2 aliphatic rings. The molecule has 1 aromatic rings. The van der Waals surface area contributed by atoms with Crippen molar-refractivity contribution in [1.29, 1.82) is 0 Å². The monoisotopic (exact) mass is 701 g/mol. The molecular weight excluding hydrogens is 646 g/mol. The van der Waals surface area contributed by atoms with Crippen molar-refractivity contribution in [3.05, 3.63) is 29.8 Å². The molecule has 0 spiro atoms. The Labute approximate surface area is 293 Å². The van der Waals surface area contributed by atoms with E-state index in [-0.39, 0.29) is 43.0 Å². The highest BCUT2D eigenvalue weighted by Gasteiger charge is 2.39. The molecule has 2 aliphatic heterocycles. The van der Waals surface area contributed by atoms with Crippen molar-refractivity contribution in [3.63, 3.8) is 0 Å². The summed E-state index contributed by atoms with van der Waals surface area (Å²) in [4.78, 5) is 80.9. The number of aliphatic carboxylic acids is 1. The molecule has 2 fully saturated rings. The summed E-state index contributed by atoms with van der Waals surface area (Å²) in [6.07, 6.45) is 3.69. The molecule has 2 heterocycles. The van der Waals surface area contributed by atoms with Crippen molar-refractivity contribution >= 4 is 35.5 Å². The number of carbonyl (C=O) groups is 6. The number of hydrogen-bond donors (Lipinski definition) is 8. The second kappa shape index (κ2) is 19.2. The van der Waals surface area contributed by atoms with Crippen molar-refractivity contribution in [2.45, 2.75) is 115 Å². The smallest absolute Gasteiger partial charge is 0.326 e. The second-order valence-electron chi connectivity index (χ2n) is 13.9. The molecule has 0 radical (unpaired) electrons. The second-order valence-corrected chi connectivity index (χ2v) is 13.9. The third kappa shape index (κ3) is 11.4. The zero-order chi connectivity index (χ0) is 37.0. The van der Waals surface area contributed by atoms with Gasteiger partial charge in [-0.2, -0.15) is 0 Å². The van der Waals surface area contributed by atoms with Crippen LogP contribution in [0.5, 0.6) is 5.75 Å². The third-order valence-corrected chi connectivity index (χ3v) is 9.26. The maximum Gasteiger partial charge on any atom is 0.326 e. The number of carboxylic acids is 1. The number of nitrogens with one attached hydrogen (secondary N) is 5. The molecule has 0 saturated carbocycles. The predicted octanol–water partition coefficient (Wildman–Crippen LogP) is 0.143. The number of unbranched alkanes of at least 4 members (excludes halogenated alkanes) is 1. The number of nitrogens with two attached hydrogens (primary N) is 1. The summed E-state index contributed by atoms with van der Waals surface area (Å²) in [5.74, 6) is -4.45. The fourth-order valence-electron chi connectivity index (χ4n) is 6.33. The van der Waals surface area contributed by atoms with Crippen LogP contribution in [0.1, 0.15) is 78.2 Å². The minimum Gasteiger partial charge on any atom is -0.508 e. The van der Waals surface area contributed by atoms with E-state index in [1.165, 1.54) is 17.0 Å². The Balaban J connectivity index is 1.79. The molecule has 0 aromatic heterocycles. The number of phenolic OH excluding ortho intramolecular Hbond substituents is 1. The summed E-state index contributed by atoms with van der Waals surface area (Å²) < 4.78 is 0. The minimum absolute atomic E-state index is 0.0168. The van der Waals surface area contributed by atoms with Crippen molar-refractivity contribution in [1.82, 2.24) is 31.5 Å². The fraction of sp³-hybridized carbons (Fsp3) is 0.657. The fourth-order valence-corrected chi connectivity index (χ4v) is 6.33. The third-order valence-electron chi connectivity index (χ3n) is 9.26. The number of phenols is 1. The maximum absolute atomic E-state index is 13.8. The number of rotatable bonds is 18. The summed E-state index contributed by atoms with van der Waals surface area (Å²) in [5.41, 5.74) is 6.31. The highest BCUT2D eigenvalue weighted by Crippen LogP contribution is 2.21. The predicted molar refractivity (Wildman–Crippen MR) is 186 cm³/mol. The van der Waals surface area contributed by atoms with Crippen LogP contribution in [0.3, 0.4) is 0 Å². The van der Waals surface area contributed by atoms with E-state index in [0.717, 1.165) is 13.0 Å². The lowest BCUT2D eigenvalue weighted by Gasteiger charge is -2.31. The van der Waals surface area contributed by atoms with Crippen LogP contribution in [-0.4, -0.2) is 107 Å². The molecule has 0 bridgehead atoms. The molecule has 50 heavy (non-hydrogen) atoms. The summed E-state index contributed by atoms with van der Waals surface area (Å²) in [6.45, 7) is 8.38. The zero-order valence-corrected chi connectivity index (χ0v) is 29.6. The topological polar surface area (TPSA) is 232 Å². The molecule has 0 aliphatic carbocycles. The average molecular weight is 702 g/mol. The largest absolute Gasteiger partial charge is 0.508 e. The van der Waals surface area contributed by atoms with Gasteiger partial charge in [0.25, 0.3) is 0 Å². The number of carboxylic acid groups (broad SMARTS) is 1. The van der Waals surface area contributed by atoms with Crippen molar-refractivity contribution in [3.8, 4) is 5.75 Å². The number of amides is 5. The standard InChI is InChI=1S/C35H55N7O8/c1-20(2)28(40-30(44)24-10-7-17-37-24)32(46)38-25(9-5-6-16-36)31(45)41-29(21(3)4)33(47)39-26(19-22-12-14-23(43)15-13-22)34(48)42-18-8-11-27(42)35(49)50/h12-15,20-21,24-29,37,43H,5-11,16-19,36H2,1-4H3,(H,38,46)(H,39,47)(H,40,44)(H,41,45)(H,49,50)/t24-,25-,26-,27-,28-,29-/m0/s1. The van der Waals surface area contributed by atoms with E-state index in [2.05, 4.69) is 26.6 Å². The Bertz CT molecular complexity index is 1330. The van der Waals surface area contributed by atoms with Crippen LogP contribution >= 0.6 is 0 Å². The van der Waals surface area contributed by atoms with E-state index in [9.17, 15) is 39.0 Å². The van der Waals surface area contributed by atoms with E-state index in [4.69, 9.17) is 5.73 Å². The molecule has 0 unspecified atom stereocenters. The summed E-state index contributed by atoms with van der Waals surface area (Å²) >= 11 is 0. The quantitative estimate of drug-likeness (QED) is 0.0965. The number of hydrogen-bond acceptors (Lipinski definition) is 9. The van der Waals surface area contributed by atoms with Crippen LogP contribution in [0.25, 0.3) is 0 Å². The molecule has 6 atom stereocenters. The van der Waals surface area contributed by atoms with Gasteiger partial charge in [0.2, 0.25) is 29.5 Å². The summed E-state index contributed by atoms with van der Waals surface area (Å²) in [7, 11) is 0. The normalized spacial score (nSPS) is 19.8. The lowest BCUT2D eigenvalue weighted by Crippen LogP contribution is -2.61. The molecule has 2 saturated heterocycles. The molecule has 3 rings (SSSR count). The Morgan fingerprint density at radius 3 is 2.02 bits per heavy atom. The Hall–Kier alpha value is -4.24. The number of benzene rings is 1. The van der Waals surface area contributed by atoms with E-state index in [1.807, 2.05) is 0 Å². The molecule has 278 valence electrons. The molecule has 15 heteroatoms. The van der Waals surface area contributed by atoms with Crippen LogP contribution in [-0.2, 0) is 35.2 Å². The van der Waals surface area contributed by atoms with Gasteiger partial charge in [-0.1, -0.05) is 39.8 Å². The first-order valence-corrected chi connectivity index (χ1v) is 17.7. The Morgan fingerprint density at radius 1 is 0.840 bits per heavy atom. The van der Waals surface area contributed by atoms with Crippen molar-refractivity contribution in [2.24, 2.45) is 17.6 Å². The Morgan fingerprint density at radius 2 is 1.46 bits per heavy atom. The van der Waals surface area contributed by atoms with Crippen LogP contribution in [0, 0.1) is 11.8 Å². The number of likely N-dealkylation sites (tertiary alicyclic amines) is 1. The zero-order valence-electron chi connectivity index (χ0n) is 29.6. The van der Waals surface area contributed by atoms with Gasteiger partial charge in [0.1, 0.15) is 36.0 Å². The minimum atomic E-state index is -1.16. The highest BCUT2D eigenvalue weighted by molar-refractivity contribution is 5.96. The number of nitrogens with zero attached hydrogens (tertiary/aromatic N) is 1. The van der Waals surface area contributed by atoms with Crippen molar-refractivity contribution < 1.29 is 39.0 Å². The SMILES string of the molecule is CC(C)[C@H](NC(=O)[C@@H]1CCCN1)C(=O)N[C@@H](CCCCN)C(=O)N[C@H](C(=O)N[C@@H](Cc1ccc(O)cc1)C(=O)N1CCC[C@H]1C(=O)O)C(C)C. The van der Waals surface area contributed by atoms with Crippen molar-refractivity contribution in [2.75, 3.05) is 19.6 Å². The van der Waals surface area contributed by atoms with E-state index >= 15 is 0 Å². The lowest BCUT2D eigenvalue weighted by atomic mass is 9.99. The van der Waals surface area contributed by atoms with Gasteiger partial charge >= 0.3 is 5.97 Å². The lowest BCUT2D eigenvalue weighted by molar-refractivity contribution is -0.149. The summed E-state index contributed by atoms with van der Waals surface area (Å²) in [5, 5.41) is 33.7. The first-order valence-electron chi connectivity index (χ1n) is 17.7. The van der Waals surface area contributed by atoms with Crippen LogP contribution in [0.4, 0.5) is 0 Å². The van der Waals surface area contributed by atoms with E-state index in [1.54, 1.807) is 39.8 Å². The molecular formula is C35H55N7O8. The highest BCUT2D eigenvalue weighted by atomic mass is 16.4.